The zero-order valence-corrected chi connectivity index (χ0v) is 21.1. The van der Waals surface area contributed by atoms with Gasteiger partial charge in [0.1, 0.15) is 5.75 Å². The Morgan fingerprint density at radius 2 is 1.65 bits per heavy atom. The number of methoxy groups -OCH3 is 1. The fraction of sp³-hybridized carbons (Fsp3) is 0.250. The van der Waals surface area contributed by atoms with Crippen LogP contribution in [0.3, 0.4) is 0 Å². The Morgan fingerprint density at radius 1 is 0.946 bits per heavy atom. The average Bonchev–Trinajstić information content (AvgIpc) is 2.88. The number of hydrogen-bond donors (Lipinski definition) is 5. The molecule has 9 nitrogen and oxygen atoms in total. The summed E-state index contributed by atoms with van der Waals surface area (Å²) in [5.41, 5.74) is 3.98. The summed E-state index contributed by atoms with van der Waals surface area (Å²) >= 11 is 0. The second-order valence-corrected chi connectivity index (χ2v) is 8.69. The molecule has 0 fully saturated rings. The van der Waals surface area contributed by atoms with Gasteiger partial charge in [-0.05, 0) is 67.4 Å². The maximum Gasteiger partial charge on any atom is 0.335 e. The van der Waals surface area contributed by atoms with E-state index in [0.29, 0.717) is 23.7 Å². The Bertz CT molecular complexity index is 1240. The molecule has 3 aromatic carbocycles. The van der Waals surface area contributed by atoms with Crippen LogP contribution in [0.25, 0.3) is 0 Å². The summed E-state index contributed by atoms with van der Waals surface area (Å²) in [6.07, 6.45) is 0.218. The highest BCUT2D eigenvalue weighted by atomic mass is 16.5. The number of aromatic carboxylic acids is 1. The Hall–Kier alpha value is -4.37. The van der Waals surface area contributed by atoms with Gasteiger partial charge in [-0.3, -0.25) is 4.79 Å². The number of nitrogens with one attached hydrogen (secondary N) is 4. The molecule has 3 rings (SSSR count). The molecule has 194 valence electrons. The standard InChI is InChI=1S/C28H32N4O5/c1-18-6-4-5-7-24(18)31-28(36)32-25-13-8-20(15-26(25)37-3)14-23(33)17-29-19(2)16-30-22-11-9-21(10-12-22)27(34)35/h4-13,15,19,29-30H,14,16-17H2,1-3H3,(H,34,35)(H2,31,32,36). The molecule has 0 aliphatic heterocycles. The molecule has 0 bridgehead atoms. The molecule has 2 amide bonds. The molecule has 0 saturated heterocycles. The first-order chi connectivity index (χ1) is 17.7. The van der Waals surface area contributed by atoms with E-state index in [0.717, 1.165) is 16.8 Å². The number of ketones is 1. The Balaban J connectivity index is 1.46. The van der Waals surface area contributed by atoms with Gasteiger partial charge in [-0.2, -0.15) is 0 Å². The number of carbonyl (C=O) groups excluding carboxylic acids is 2. The van der Waals surface area contributed by atoms with Gasteiger partial charge < -0.3 is 31.1 Å². The summed E-state index contributed by atoms with van der Waals surface area (Å²) in [5, 5.41) is 21.0. The number of urea groups is 1. The first-order valence-corrected chi connectivity index (χ1v) is 11.9. The number of anilines is 3. The van der Waals surface area contributed by atoms with Crippen LogP contribution < -0.4 is 26.0 Å². The summed E-state index contributed by atoms with van der Waals surface area (Å²) in [7, 11) is 1.51. The van der Waals surface area contributed by atoms with E-state index in [9.17, 15) is 14.4 Å². The topological polar surface area (TPSA) is 129 Å². The van der Waals surface area contributed by atoms with Crippen LogP contribution in [-0.2, 0) is 11.2 Å². The molecule has 0 aliphatic carbocycles. The number of para-hydroxylation sites is 1. The van der Waals surface area contributed by atoms with Crippen molar-refractivity contribution in [2.45, 2.75) is 26.3 Å². The molecule has 0 aliphatic rings. The number of aryl methyl sites for hydroxylation is 1. The second kappa shape index (κ2) is 13.1. The van der Waals surface area contributed by atoms with Crippen molar-refractivity contribution in [2.24, 2.45) is 0 Å². The zero-order valence-electron chi connectivity index (χ0n) is 21.1. The monoisotopic (exact) mass is 504 g/mol. The van der Waals surface area contributed by atoms with Crippen LogP contribution in [0.2, 0.25) is 0 Å². The van der Waals surface area contributed by atoms with Crippen molar-refractivity contribution in [1.29, 1.82) is 0 Å². The smallest absolute Gasteiger partial charge is 0.335 e. The third kappa shape index (κ3) is 8.36. The van der Waals surface area contributed by atoms with Gasteiger partial charge in [0.05, 0.1) is 24.9 Å². The van der Waals surface area contributed by atoms with Crippen molar-refractivity contribution in [1.82, 2.24) is 5.32 Å². The van der Waals surface area contributed by atoms with E-state index in [1.165, 1.54) is 19.2 Å². The lowest BCUT2D eigenvalue weighted by molar-refractivity contribution is -0.117. The summed E-state index contributed by atoms with van der Waals surface area (Å²) in [6, 6.07) is 18.9. The minimum atomic E-state index is -0.966. The Morgan fingerprint density at radius 3 is 2.32 bits per heavy atom. The number of rotatable bonds is 12. The fourth-order valence-electron chi connectivity index (χ4n) is 3.59. The van der Waals surface area contributed by atoms with Crippen LogP contribution >= 0.6 is 0 Å². The highest BCUT2D eigenvalue weighted by molar-refractivity contribution is 6.01. The molecule has 1 atom stereocenters. The molecular formula is C28H32N4O5. The van der Waals surface area contributed by atoms with Crippen LogP contribution in [0.5, 0.6) is 5.75 Å². The maximum absolute atomic E-state index is 12.5. The highest BCUT2D eigenvalue weighted by Crippen LogP contribution is 2.26. The Labute approximate surface area is 216 Å². The normalized spacial score (nSPS) is 11.3. The molecule has 3 aromatic rings. The van der Waals surface area contributed by atoms with E-state index < -0.39 is 5.97 Å². The number of Topliss-reactive ketones (excluding diaryl/α,β-unsaturated/α-hetero) is 1. The van der Waals surface area contributed by atoms with Crippen LogP contribution in [0, 0.1) is 6.92 Å². The maximum atomic E-state index is 12.5. The lowest BCUT2D eigenvalue weighted by Gasteiger charge is -2.16. The molecule has 0 heterocycles. The molecule has 5 N–H and O–H groups in total. The van der Waals surface area contributed by atoms with Crippen molar-refractivity contribution >= 4 is 34.8 Å². The summed E-state index contributed by atoms with van der Waals surface area (Å²) in [6.45, 7) is 4.63. The molecule has 0 spiro atoms. The van der Waals surface area contributed by atoms with Crippen molar-refractivity contribution in [3.63, 3.8) is 0 Å². The van der Waals surface area contributed by atoms with Gasteiger partial charge in [0.2, 0.25) is 0 Å². The highest BCUT2D eigenvalue weighted by Gasteiger charge is 2.12. The molecule has 37 heavy (non-hydrogen) atoms. The molecule has 1 unspecified atom stereocenters. The van der Waals surface area contributed by atoms with E-state index in [1.807, 2.05) is 38.1 Å². The number of carboxylic acid groups (broad SMARTS) is 1. The summed E-state index contributed by atoms with van der Waals surface area (Å²) in [4.78, 5) is 35.9. The number of carboxylic acids is 1. The van der Waals surface area contributed by atoms with Gasteiger partial charge in [-0.15, -0.1) is 0 Å². The van der Waals surface area contributed by atoms with E-state index in [1.54, 1.807) is 30.3 Å². The van der Waals surface area contributed by atoms with Crippen LogP contribution in [0.1, 0.15) is 28.4 Å². The quantitative estimate of drug-likeness (QED) is 0.245. The lowest BCUT2D eigenvalue weighted by Crippen LogP contribution is -2.36. The minimum Gasteiger partial charge on any atom is -0.495 e. The summed E-state index contributed by atoms with van der Waals surface area (Å²) in [5.74, 6) is -0.491. The first-order valence-electron chi connectivity index (χ1n) is 11.9. The van der Waals surface area contributed by atoms with Crippen LogP contribution in [0.15, 0.2) is 66.7 Å². The molecular weight excluding hydrogens is 472 g/mol. The van der Waals surface area contributed by atoms with E-state index in [-0.39, 0.29) is 36.4 Å². The van der Waals surface area contributed by atoms with Crippen molar-refractivity contribution in [2.75, 3.05) is 36.1 Å². The van der Waals surface area contributed by atoms with E-state index in [4.69, 9.17) is 9.84 Å². The fourth-order valence-corrected chi connectivity index (χ4v) is 3.59. The van der Waals surface area contributed by atoms with Gasteiger partial charge >= 0.3 is 12.0 Å². The minimum absolute atomic E-state index is 0.0102. The largest absolute Gasteiger partial charge is 0.495 e. The number of amides is 2. The predicted molar refractivity (Wildman–Crippen MR) is 145 cm³/mol. The molecule has 0 radical (unpaired) electrons. The SMILES string of the molecule is COc1cc(CC(=O)CNC(C)CNc2ccc(C(=O)O)cc2)ccc1NC(=O)Nc1ccccc1C. The van der Waals surface area contributed by atoms with Crippen molar-refractivity contribution in [3.05, 3.63) is 83.4 Å². The predicted octanol–water partition coefficient (Wildman–Crippen LogP) is 4.55. The lowest BCUT2D eigenvalue weighted by atomic mass is 10.1. The van der Waals surface area contributed by atoms with Crippen LogP contribution in [-0.4, -0.2) is 49.1 Å². The molecule has 9 heteroatoms. The Kier molecular flexibility index (Phi) is 9.62. The van der Waals surface area contributed by atoms with E-state index in [2.05, 4.69) is 21.3 Å². The third-order valence-electron chi connectivity index (χ3n) is 5.70. The number of carbonyl (C=O) groups is 3. The van der Waals surface area contributed by atoms with E-state index >= 15 is 0 Å². The van der Waals surface area contributed by atoms with Crippen molar-refractivity contribution < 1.29 is 24.2 Å². The van der Waals surface area contributed by atoms with Gasteiger partial charge in [0, 0.05) is 30.4 Å². The van der Waals surface area contributed by atoms with Gasteiger partial charge in [0.15, 0.2) is 5.78 Å². The van der Waals surface area contributed by atoms with Crippen LogP contribution in [0.4, 0.5) is 21.9 Å². The molecule has 0 saturated carbocycles. The number of ether oxygens (including phenoxy) is 1. The zero-order chi connectivity index (χ0) is 26.8. The van der Waals surface area contributed by atoms with Gasteiger partial charge in [0.25, 0.3) is 0 Å². The molecule has 0 aromatic heterocycles. The van der Waals surface area contributed by atoms with Gasteiger partial charge in [-0.1, -0.05) is 24.3 Å². The third-order valence-corrected chi connectivity index (χ3v) is 5.70. The summed E-state index contributed by atoms with van der Waals surface area (Å²) < 4.78 is 5.42. The van der Waals surface area contributed by atoms with Gasteiger partial charge in [-0.25, -0.2) is 9.59 Å². The van der Waals surface area contributed by atoms with Crippen molar-refractivity contribution in [3.8, 4) is 5.75 Å². The average molecular weight is 505 g/mol. The second-order valence-electron chi connectivity index (χ2n) is 8.69. The first kappa shape index (κ1) is 27.2. The number of hydrogen-bond acceptors (Lipinski definition) is 6. The number of benzene rings is 3.